The van der Waals surface area contributed by atoms with Crippen molar-refractivity contribution in [2.45, 2.75) is 59.5 Å². The number of hydrogen-bond donors (Lipinski definition) is 0. The van der Waals surface area contributed by atoms with E-state index < -0.39 is 9.05 Å². The smallest absolute Gasteiger partial charge is 0.235 e. The molecule has 0 aromatic carbocycles. The van der Waals surface area contributed by atoms with Gasteiger partial charge in [0.1, 0.15) is 0 Å². The zero-order valence-corrected chi connectivity index (χ0v) is 13.9. The monoisotopic (exact) mass is 308 g/mol. The summed E-state index contributed by atoms with van der Waals surface area (Å²) < 4.78 is 28.6. The molecule has 1 aliphatic heterocycles. The van der Waals surface area contributed by atoms with Crippen molar-refractivity contribution in [3.05, 3.63) is 0 Å². The lowest BCUT2D eigenvalue weighted by Gasteiger charge is -2.52. The van der Waals surface area contributed by atoms with Crippen LogP contribution in [0.5, 0.6) is 0 Å². The summed E-state index contributed by atoms with van der Waals surface area (Å²) in [4.78, 5) is 0. The fourth-order valence-electron chi connectivity index (χ4n) is 4.94. The van der Waals surface area contributed by atoms with Gasteiger partial charge in [-0.1, -0.05) is 27.7 Å². The van der Waals surface area contributed by atoms with Gasteiger partial charge in [0.15, 0.2) is 0 Å². The zero-order valence-electron chi connectivity index (χ0n) is 12.3. The summed E-state index contributed by atoms with van der Waals surface area (Å²) in [7, 11) is 1.94. The second kappa shape index (κ2) is 4.60. The van der Waals surface area contributed by atoms with Gasteiger partial charge in [0.05, 0.1) is 11.9 Å². The van der Waals surface area contributed by atoms with Gasteiger partial charge in [-0.25, -0.2) is 8.42 Å². The van der Waals surface area contributed by atoms with Gasteiger partial charge in [-0.05, 0) is 36.5 Å². The van der Waals surface area contributed by atoms with E-state index in [1.165, 1.54) is 6.42 Å². The molecule has 2 fully saturated rings. The molecule has 1 aliphatic carbocycles. The zero-order chi connectivity index (χ0) is 14.5. The van der Waals surface area contributed by atoms with Crippen LogP contribution in [0.4, 0.5) is 0 Å². The molecular weight excluding hydrogens is 284 g/mol. The fourth-order valence-corrected chi connectivity index (χ4v) is 6.10. The molecule has 3 nitrogen and oxygen atoms in total. The second-order valence-corrected chi connectivity index (χ2v) is 10.9. The number of halogens is 1. The van der Waals surface area contributed by atoms with Crippen LogP contribution in [0.1, 0.15) is 53.4 Å². The van der Waals surface area contributed by atoms with Crippen LogP contribution >= 0.6 is 10.7 Å². The van der Waals surface area contributed by atoms with E-state index in [4.69, 9.17) is 15.4 Å². The first-order valence-electron chi connectivity index (χ1n) is 6.97. The molecule has 112 valence electrons. The average Bonchev–Trinajstić information content (AvgIpc) is 2.38. The lowest BCUT2D eigenvalue weighted by atomic mass is 9.53. The van der Waals surface area contributed by atoms with Crippen LogP contribution in [0.3, 0.4) is 0 Å². The van der Waals surface area contributed by atoms with Gasteiger partial charge < -0.3 is 4.74 Å². The van der Waals surface area contributed by atoms with Gasteiger partial charge in [-0.15, -0.1) is 0 Å². The Bertz CT molecular complexity index is 437. The van der Waals surface area contributed by atoms with Gasteiger partial charge in [0, 0.05) is 22.7 Å². The standard InChI is InChI=1S/C14H25ClO3S/c1-12(2)8-13(3,4)10-14(9-12)5-6-18-11(14)7-19(15,16)17/h11H,5-10H2,1-4H3. The normalized spacial score (nSPS) is 32.6. The number of rotatable bonds is 2. The molecule has 0 aromatic heterocycles. The van der Waals surface area contributed by atoms with Gasteiger partial charge in [0.25, 0.3) is 0 Å². The maximum absolute atomic E-state index is 11.4. The molecule has 1 spiro atoms. The van der Waals surface area contributed by atoms with Crippen molar-refractivity contribution in [1.82, 2.24) is 0 Å². The minimum absolute atomic E-state index is 0.0206. The van der Waals surface area contributed by atoms with E-state index in [1.54, 1.807) is 0 Å². The third-order valence-electron chi connectivity index (χ3n) is 4.57. The molecule has 1 saturated heterocycles. The minimum Gasteiger partial charge on any atom is -0.377 e. The van der Waals surface area contributed by atoms with Crippen LogP contribution in [0.2, 0.25) is 0 Å². The van der Waals surface area contributed by atoms with Crippen molar-refractivity contribution in [2.24, 2.45) is 16.2 Å². The minimum atomic E-state index is -3.51. The molecule has 19 heavy (non-hydrogen) atoms. The van der Waals surface area contributed by atoms with E-state index in [2.05, 4.69) is 27.7 Å². The highest BCUT2D eigenvalue weighted by Crippen LogP contribution is 2.59. The van der Waals surface area contributed by atoms with E-state index in [1.807, 2.05) is 0 Å². The molecule has 0 N–H and O–H groups in total. The maximum atomic E-state index is 11.4. The van der Waals surface area contributed by atoms with E-state index in [-0.39, 0.29) is 28.1 Å². The van der Waals surface area contributed by atoms with Crippen molar-refractivity contribution >= 4 is 19.7 Å². The summed E-state index contributed by atoms with van der Waals surface area (Å²) in [6.45, 7) is 9.77. The lowest BCUT2D eigenvalue weighted by molar-refractivity contribution is -0.0428. The van der Waals surface area contributed by atoms with Gasteiger partial charge in [-0.3, -0.25) is 0 Å². The van der Waals surface area contributed by atoms with E-state index in [0.29, 0.717) is 6.61 Å². The number of hydrogen-bond acceptors (Lipinski definition) is 3. The second-order valence-electron chi connectivity index (χ2n) is 8.04. The first kappa shape index (κ1) is 15.6. The quantitative estimate of drug-likeness (QED) is 0.733. The Labute approximate surface area is 121 Å². The van der Waals surface area contributed by atoms with Crippen LogP contribution in [-0.2, 0) is 13.8 Å². The van der Waals surface area contributed by atoms with Crippen LogP contribution in [-0.4, -0.2) is 26.9 Å². The molecule has 2 rings (SSSR count). The molecule has 0 bridgehead atoms. The highest BCUT2D eigenvalue weighted by Gasteiger charge is 2.54. The number of ether oxygens (including phenoxy) is 1. The molecule has 1 atom stereocenters. The maximum Gasteiger partial charge on any atom is 0.235 e. The molecule has 0 aromatic rings. The molecule has 1 unspecified atom stereocenters. The lowest BCUT2D eigenvalue weighted by Crippen LogP contribution is -2.47. The highest BCUT2D eigenvalue weighted by molar-refractivity contribution is 8.13. The predicted octanol–water partition coefficient (Wildman–Crippen LogP) is 3.57. The molecule has 1 heterocycles. The third-order valence-corrected chi connectivity index (χ3v) is 5.65. The van der Waals surface area contributed by atoms with Crippen molar-refractivity contribution in [2.75, 3.05) is 12.4 Å². The molecule has 5 heteroatoms. The summed E-state index contributed by atoms with van der Waals surface area (Å²) >= 11 is 0. The van der Waals surface area contributed by atoms with Crippen molar-refractivity contribution in [3.63, 3.8) is 0 Å². The van der Waals surface area contributed by atoms with Crippen LogP contribution in [0, 0.1) is 16.2 Å². The predicted molar refractivity (Wildman–Crippen MR) is 77.8 cm³/mol. The topological polar surface area (TPSA) is 43.4 Å². The van der Waals surface area contributed by atoms with E-state index >= 15 is 0 Å². The Morgan fingerprint density at radius 1 is 1.11 bits per heavy atom. The first-order valence-corrected chi connectivity index (χ1v) is 9.45. The average molecular weight is 309 g/mol. The SMILES string of the molecule is CC1(C)CC(C)(C)CC2(CCOC2CS(=O)(=O)Cl)C1. The highest BCUT2D eigenvalue weighted by atomic mass is 35.7. The summed E-state index contributed by atoms with van der Waals surface area (Å²) in [5, 5.41) is 0. The largest absolute Gasteiger partial charge is 0.377 e. The first-order chi connectivity index (χ1) is 8.43. The summed E-state index contributed by atoms with van der Waals surface area (Å²) in [5.41, 5.74) is 0.431. The van der Waals surface area contributed by atoms with E-state index in [0.717, 1.165) is 19.3 Å². The van der Waals surface area contributed by atoms with Gasteiger partial charge in [0.2, 0.25) is 9.05 Å². The van der Waals surface area contributed by atoms with Gasteiger partial charge in [-0.2, -0.15) is 0 Å². The van der Waals surface area contributed by atoms with E-state index in [9.17, 15) is 8.42 Å². The van der Waals surface area contributed by atoms with Crippen LogP contribution in [0.15, 0.2) is 0 Å². The Morgan fingerprint density at radius 3 is 2.11 bits per heavy atom. The Kier molecular flexibility index (Phi) is 3.78. The van der Waals surface area contributed by atoms with Crippen LogP contribution in [0.25, 0.3) is 0 Å². The summed E-state index contributed by atoms with van der Waals surface area (Å²) in [5.74, 6) is -0.0548. The van der Waals surface area contributed by atoms with Gasteiger partial charge >= 0.3 is 0 Å². The third kappa shape index (κ3) is 3.64. The summed E-state index contributed by atoms with van der Waals surface area (Å²) in [6, 6.07) is 0. The van der Waals surface area contributed by atoms with Crippen molar-refractivity contribution in [3.8, 4) is 0 Å². The van der Waals surface area contributed by atoms with Crippen molar-refractivity contribution < 1.29 is 13.2 Å². The molecule has 0 radical (unpaired) electrons. The molecule has 1 saturated carbocycles. The molecular formula is C14H25ClO3S. The Morgan fingerprint density at radius 2 is 1.63 bits per heavy atom. The molecule has 2 aliphatic rings. The molecule has 0 amide bonds. The Balaban J connectivity index is 2.29. The van der Waals surface area contributed by atoms with Crippen molar-refractivity contribution in [1.29, 1.82) is 0 Å². The summed E-state index contributed by atoms with van der Waals surface area (Å²) in [6.07, 6.45) is 3.94. The fraction of sp³-hybridized carbons (Fsp3) is 1.00. The van der Waals surface area contributed by atoms with Crippen LogP contribution < -0.4 is 0 Å². The Hall–Kier alpha value is 0.200.